The summed E-state index contributed by atoms with van der Waals surface area (Å²) >= 11 is 0. The van der Waals surface area contributed by atoms with E-state index in [0.29, 0.717) is 11.3 Å². The summed E-state index contributed by atoms with van der Waals surface area (Å²) in [6.07, 6.45) is 4.72. The second-order valence-electron chi connectivity index (χ2n) is 4.23. The van der Waals surface area contributed by atoms with Gasteiger partial charge in [-0.1, -0.05) is 0 Å². The summed E-state index contributed by atoms with van der Waals surface area (Å²) in [5, 5.41) is 17.4. The van der Waals surface area contributed by atoms with E-state index in [-0.39, 0.29) is 5.91 Å². The number of aromatic amines is 1. The molecule has 2 N–H and O–H groups in total. The number of carbonyl (C=O) groups excluding carboxylic acids is 1. The molecule has 7 nitrogen and oxygen atoms in total. The van der Waals surface area contributed by atoms with Gasteiger partial charge in [-0.25, -0.2) is 0 Å². The van der Waals surface area contributed by atoms with Crippen molar-refractivity contribution in [3.05, 3.63) is 54.1 Å². The van der Waals surface area contributed by atoms with Crippen LogP contribution in [0.5, 0.6) is 0 Å². The number of nitrogens with one attached hydrogen (secondary N) is 2. The first-order valence-corrected chi connectivity index (χ1v) is 6.02. The Balaban J connectivity index is 1.76. The maximum Gasteiger partial charge on any atom is 0.259 e. The van der Waals surface area contributed by atoms with Crippen LogP contribution in [0.2, 0.25) is 0 Å². The fourth-order valence-electron chi connectivity index (χ4n) is 1.81. The van der Waals surface area contributed by atoms with E-state index < -0.39 is 0 Å². The van der Waals surface area contributed by atoms with E-state index >= 15 is 0 Å². The number of aromatic nitrogens is 5. The Kier molecular flexibility index (Phi) is 3.00. The maximum absolute atomic E-state index is 12.0. The van der Waals surface area contributed by atoms with Gasteiger partial charge in [-0.3, -0.25) is 9.89 Å². The lowest BCUT2D eigenvalue weighted by molar-refractivity contribution is 0.102. The average molecular weight is 268 g/mol. The Hall–Kier alpha value is -2.96. The SMILES string of the molecule is Cc1[nH]ncc1C(=O)Nc1ccc(-n2nccn2)cc1. The molecule has 1 aromatic carbocycles. The van der Waals surface area contributed by atoms with Crippen LogP contribution >= 0.6 is 0 Å². The molecule has 3 rings (SSSR count). The molecule has 0 radical (unpaired) electrons. The van der Waals surface area contributed by atoms with E-state index in [1.165, 1.54) is 11.0 Å². The van der Waals surface area contributed by atoms with Gasteiger partial charge in [-0.15, -0.1) is 0 Å². The molecule has 0 atom stereocenters. The molecule has 20 heavy (non-hydrogen) atoms. The van der Waals surface area contributed by atoms with Crippen molar-refractivity contribution in [1.29, 1.82) is 0 Å². The topological polar surface area (TPSA) is 88.5 Å². The van der Waals surface area contributed by atoms with Crippen molar-refractivity contribution in [3.8, 4) is 5.69 Å². The summed E-state index contributed by atoms with van der Waals surface area (Å²) in [6, 6.07) is 7.26. The number of amides is 1. The zero-order chi connectivity index (χ0) is 13.9. The first-order chi connectivity index (χ1) is 9.74. The summed E-state index contributed by atoms with van der Waals surface area (Å²) in [7, 11) is 0. The summed E-state index contributed by atoms with van der Waals surface area (Å²) in [5.74, 6) is -0.193. The molecule has 0 aliphatic heterocycles. The third-order valence-electron chi connectivity index (χ3n) is 2.85. The summed E-state index contributed by atoms with van der Waals surface area (Å²) in [4.78, 5) is 13.5. The second kappa shape index (κ2) is 4.96. The zero-order valence-electron chi connectivity index (χ0n) is 10.7. The number of aryl methyl sites for hydroxylation is 1. The molecule has 0 bridgehead atoms. The quantitative estimate of drug-likeness (QED) is 0.754. The molecule has 100 valence electrons. The van der Waals surface area contributed by atoms with Crippen LogP contribution in [0.3, 0.4) is 0 Å². The van der Waals surface area contributed by atoms with Gasteiger partial charge in [-0.2, -0.15) is 20.1 Å². The summed E-state index contributed by atoms with van der Waals surface area (Å²) in [5.41, 5.74) is 2.79. The fourth-order valence-corrected chi connectivity index (χ4v) is 1.81. The van der Waals surface area contributed by atoms with Gasteiger partial charge in [0.25, 0.3) is 5.91 Å². The van der Waals surface area contributed by atoms with Crippen molar-refractivity contribution in [3.63, 3.8) is 0 Å². The van der Waals surface area contributed by atoms with Crippen molar-refractivity contribution >= 4 is 11.6 Å². The van der Waals surface area contributed by atoms with Crippen molar-refractivity contribution < 1.29 is 4.79 Å². The lowest BCUT2D eigenvalue weighted by Crippen LogP contribution is -2.12. The highest BCUT2D eigenvalue weighted by Crippen LogP contribution is 2.13. The fraction of sp³-hybridized carbons (Fsp3) is 0.0769. The highest BCUT2D eigenvalue weighted by molar-refractivity contribution is 6.04. The van der Waals surface area contributed by atoms with E-state index in [1.807, 2.05) is 12.1 Å². The van der Waals surface area contributed by atoms with Gasteiger partial charge in [0.05, 0.1) is 29.8 Å². The Bertz CT molecular complexity index is 714. The minimum atomic E-state index is -0.193. The van der Waals surface area contributed by atoms with E-state index in [0.717, 1.165) is 11.4 Å². The Morgan fingerprint density at radius 2 is 1.90 bits per heavy atom. The number of H-pyrrole nitrogens is 1. The number of nitrogens with zero attached hydrogens (tertiary/aromatic N) is 4. The van der Waals surface area contributed by atoms with Crippen LogP contribution in [0.15, 0.2) is 42.9 Å². The predicted octanol–water partition coefficient (Wildman–Crippen LogP) is 1.55. The van der Waals surface area contributed by atoms with Crippen molar-refractivity contribution in [2.75, 3.05) is 5.32 Å². The Morgan fingerprint density at radius 1 is 1.20 bits per heavy atom. The van der Waals surface area contributed by atoms with E-state index in [2.05, 4.69) is 25.7 Å². The molecule has 7 heteroatoms. The normalized spacial score (nSPS) is 10.4. The van der Waals surface area contributed by atoms with Gasteiger partial charge in [-0.05, 0) is 31.2 Å². The third kappa shape index (κ3) is 2.28. The monoisotopic (exact) mass is 268 g/mol. The molecule has 0 saturated carbocycles. The number of benzene rings is 1. The molecule has 0 saturated heterocycles. The van der Waals surface area contributed by atoms with Gasteiger partial charge < -0.3 is 5.32 Å². The predicted molar refractivity (Wildman–Crippen MR) is 72.6 cm³/mol. The van der Waals surface area contributed by atoms with Crippen molar-refractivity contribution in [2.45, 2.75) is 6.92 Å². The van der Waals surface area contributed by atoms with Crippen LogP contribution in [0.1, 0.15) is 16.1 Å². The van der Waals surface area contributed by atoms with Gasteiger partial charge in [0.2, 0.25) is 0 Å². The molecule has 0 spiro atoms. The highest BCUT2D eigenvalue weighted by atomic mass is 16.1. The Labute approximate surface area is 114 Å². The van der Waals surface area contributed by atoms with Crippen molar-refractivity contribution in [2.24, 2.45) is 0 Å². The van der Waals surface area contributed by atoms with E-state index in [4.69, 9.17) is 0 Å². The first-order valence-electron chi connectivity index (χ1n) is 6.02. The molecule has 2 aromatic heterocycles. The highest BCUT2D eigenvalue weighted by Gasteiger charge is 2.10. The van der Waals surface area contributed by atoms with Gasteiger partial charge in [0.1, 0.15) is 0 Å². The van der Waals surface area contributed by atoms with Crippen LogP contribution in [0.4, 0.5) is 5.69 Å². The molecule has 2 heterocycles. The van der Waals surface area contributed by atoms with Gasteiger partial charge >= 0.3 is 0 Å². The molecule has 3 aromatic rings. The molecule has 1 amide bonds. The van der Waals surface area contributed by atoms with Crippen LogP contribution in [-0.2, 0) is 0 Å². The molecular weight excluding hydrogens is 256 g/mol. The summed E-state index contributed by atoms with van der Waals surface area (Å²) < 4.78 is 0. The molecular formula is C13H12N6O. The Morgan fingerprint density at radius 3 is 2.50 bits per heavy atom. The van der Waals surface area contributed by atoms with Crippen LogP contribution in [0.25, 0.3) is 5.69 Å². The van der Waals surface area contributed by atoms with Gasteiger partial charge in [0.15, 0.2) is 0 Å². The number of carbonyl (C=O) groups is 1. The van der Waals surface area contributed by atoms with Crippen LogP contribution in [0, 0.1) is 6.92 Å². The molecule has 0 fully saturated rings. The number of hydrogen-bond acceptors (Lipinski definition) is 4. The zero-order valence-corrected chi connectivity index (χ0v) is 10.7. The van der Waals surface area contributed by atoms with Crippen LogP contribution < -0.4 is 5.32 Å². The smallest absolute Gasteiger partial charge is 0.259 e. The molecule has 0 unspecified atom stereocenters. The minimum Gasteiger partial charge on any atom is -0.322 e. The average Bonchev–Trinajstić information content (AvgIpc) is 3.10. The lowest BCUT2D eigenvalue weighted by atomic mass is 10.2. The standard InChI is InChI=1S/C13H12N6O/c1-9-12(8-14-18-9)13(20)17-10-2-4-11(5-3-10)19-15-6-7-16-19/h2-8H,1H3,(H,14,18)(H,17,20). The first kappa shape index (κ1) is 12.1. The second-order valence-corrected chi connectivity index (χ2v) is 4.23. The van der Waals surface area contributed by atoms with Gasteiger partial charge in [0, 0.05) is 11.4 Å². The third-order valence-corrected chi connectivity index (χ3v) is 2.85. The largest absolute Gasteiger partial charge is 0.322 e. The lowest BCUT2D eigenvalue weighted by Gasteiger charge is -2.05. The van der Waals surface area contributed by atoms with Crippen LogP contribution in [-0.4, -0.2) is 31.1 Å². The molecule has 0 aliphatic carbocycles. The number of rotatable bonds is 3. The minimum absolute atomic E-state index is 0.193. The number of anilines is 1. The van der Waals surface area contributed by atoms with Crippen molar-refractivity contribution in [1.82, 2.24) is 25.2 Å². The summed E-state index contributed by atoms with van der Waals surface area (Å²) in [6.45, 7) is 1.80. The maximum atomic E-state index is 12.0. The molecule has 0 aliphatic rings. The van der Waals surface area contributed by atoms with E-state index in [1.54, 1.807) is 31.5 Å². The number of hydrogen-bond donors (Lipinski definition) is 2. The van der Waals surface area contributed by atoms with E-state index in [9.17, 15) is 4.79 Å².